The van der Waals surface area contributed by atoms with E-state index in [1.165, 1.54) is 5.56 Å². The highest BCUT2D eigenvalue weighted by molar-refractivity contribution is 9.10. The third-order valence-corrected chi connectivity index (χ3v) is 6.86. The predicted octanol–water partition coefficient (Wildman–Crippen LogP) is 5.17. The van der Waals surface area contributed by atoms with Crippen molar-refractivity contribution in [3.8, 4) is 0 Å². The van der Waals surface area contributed by atoms with E-state index in [-0.39, 0.29) is 18.3 Å². The number of oxime groups is 1. The molecule has 0 aliphatic heterocycles. The molecular formula is C24H36BrNO5. The van der Waals surface area contributed by atoms with Gasteiger partial charge in [0.25, 0.3) is 0 Å². The quantitative estimate of drug-likeness (QED) is 0.161. The first kappa shape index (κ1) is 25.8. The number of carbonyl (C=O) groups is 1. The Labute approximate surface area is 193 Å². The van der Waals surface area contributed by atoms with E-state index in [1.54, 1.807) is 0 Å². The van der Waals surface area contributed by atoms with Crippen LogP contribution in [-0.2, 0) is 11.2 Å². The summed E-state index contributed by atoms with van der Waals surface area (Å²) in [5, 5.41) is 42.4. The van der Waals surface area contributed by atoms with Crippen LogP contribution in [0.3, 0.4) is 0 Å². The molecule has 6 nitrogen and oxygen atoms in total. The van der Waals surface area contributed by atoms with Gasteiger partial charge in [-0.1, -0.05) is 52.5 Å². The molecule has 1 unspecified atom stereocenters. The first-order valence-electron chi connectivity index (χ1n) is 11.4. The van der Waals surface area contributed by atoms with Crippen molar-refractivity contribution in [2.24, 2.45) is 17.0 Å². The number of aryl methyl sites for hydroxylation is 1. The molecule has 1 aliphatic rings. The molecule has 0 saturated heterocycles. The van der Waals surface area contributed by atoms with Crippen molar-refractivity contribution in [1.82, 2.24) is 0 Å². The van der Waals surface area contributed by atoms with Crippen molar-refractivity contribution in [3.63, 3.8) is 0 Å². The molecule has 2 rings (SSSR count). The molecule has 0 bridgehead atoms. The zero-order chi connectivity index (χ0) is 22.6. The van der Waals surface area contributed by atoms with Crippen LogP contribution in [0.5, 0.6) is 0 Å². The lowest BCUT2D eigenvalue weighted by molar-refractivity contribution is -0.137. The number of aliphatic hydroxyl groups excluding tert-OH is 2. The van der Waals surface area contributed by atoms with Crippen LogP contribution in [-0.4, -0.2) is 44.4 Å². The fraction of sp³-hybridized carbons (Fsp3) is 0.667. The summed E-state index contributed by atoms with van der Waals surface area (Å²) in [7, 11) is 0. The largest absolute Gasteiger partial charge is 0.481 e. The molecule has 4 atom stereocenters. The summed E-state index contributed by atoms with van der Waals surface area (Å²) in [6.07, 6.45) is 7.82. The summed E-state index contributed by atoms with van der Waals surface area (Å²) in [5.41, 5.74) is 1.89. The maximum absolute atomic E-state index is 10.6. The molecule has 0 aromatic heterocycles. The van der Waals surface area contributed by atoms with Crippen LogP contribution in [0.25, 0.3) is 0 Å². The average molecular weight is 498 g/mol. The Bertz CT molecular complexity index is 711. The van der Waals surface area contributed by atoms with Crippen LogP contribution in [0.1, 0.15) is 76.2 Å². The van der Waals surface area contributed by atoms with E-state index in [4.69, 9.17) is 5.11 Å². The SMILES string of the molecule is O=C(O)CCCCCC[C@@H]1C(CC[C@@H](O)CCCc2cccc(Br)c2)/C(=N\O)C[C@@H]1O. The van der Waals surface area contributed by atoms with Crippen LogP contribution in [0, 0.1) is 11.8 Å². The van der Waals surface area contributed by atoms with Crippen molar-refractivity contribution < 1.29 is 25.3 Å². The molecule has 31 heavy (non-hydrogen) atoms. The van der Waals surface area contributed by atoms with Crippen LogP contribution < -0.4 is 0 Å². The number of aliphatic carboxylic acids is 1. The van der Waals surface area contributed by atoms with Crippen molar-refractivity contribution >= 4 is 27.6 Å². The van der Waals surface area contributed by atoms with Gasteiger partial charge in [0.15, 0.2) is 0 Å². The van der Waals surface area contributed by atoms with Gasteiger partial charge in [0.2, 0.25) is 0 Å². The summed E-state index contributed by atoms with van der Waals surface area (Å²) in [6.45, 7) is 0. The summed E-state index contributed by atoms with van der Waals surface area (Å²) in [6, 6.07) is 8.21. The van der Waals surface area contributed by atoms with Gasteiger partial charge in [0, 0.05) is 23.2 Å². The second-order valence-electron chi connectivity index (χ2n) is 8.73. The van der Waals surface area contributed by atoms with Crippen molar-refractivity contribution in [3.05, 3.63) is 34.3 Å². The van der Waals surface area contributed by atoms with Gasteiger partial charge in [-0.3, -0.25) is 4.79 Å². The minimum absolute atomic E-state index is 0.00116. The van der Waals surface area contributed by atoms with E-state index in [1.807, 2.05) is 12.1 Å². The molecular weight excluding hydrogens is 462 g/mol. The maximum Gasteiger partial charge on any atom is 0.303 e. The fourth-order valence-electron chi connectivity index (χ4n) is 4.68. The number of nitrogens with zero attached hydrogens (tertiary/aromatic N) is 1. The first-order chi connectivity index (χ1) is 14.9. The van der Waals surface area contributed by atoms with Crippen LogP contribution in [0.4, 0.5) is 0 Å². The number of unbranched alkanes of at least 4 members (excludes halogenated alkanes) is 3. The standard InChI is InChI=1S/C24H36BrNO5/c25-18-9-5-7-17(15-18)8-6-10-19(27)13-14-20-21(23(28)16-22(20)26-31)11-3-1-2-4-12-24(29)30/h5,7,9,15,19-21,23,27-28,31H,1-4,6,8,10-14,16H2,(H,29,30)/b26-22-/t19-,20?,21+,23-/m0/s1. The molecule has 4 N–H and O–H groups in total. The highest BCUT2D eigenvalue weighted by atomic mass is 79.9. The fourth-order valence-corrected chi connectivity index (χ4v) is 5.13. The molecule has 1 aromatic rings. The minimum Gasteiger partial charge on any atom is -0.481 e. The lowest BCUT2D eigenvalue weighted by Gasteiger charge is -2.23. The van der Waals surface area contributed by atoms with Crippen LogP contribution >= 0.6 is 15.9 Å². The maximum atomic E-state index is 10.6. The summed E-state index contributed by atoms with van der Waals surface area (Å²) >= 11 is 3.48. The second-order valence-corrected chi connectivity index (χ2v) is 9.65. The molecule has 1 aromatic carbocycles. The Balaban J connectivity index is 1.73. The van der Waals surface area contributed by atoms with Gasteiger partial charge >= 0.3 is 5.97 Å². The Morgan fingerprint density at radius 1 is 1.13 bits per heavy atom. The van der Waals surface area contributed by atoms with Crippen LogP contribution in [0.2, 0.25) is 0 Å². The highest BCUT2D eigenvalue weighted by Crippen LogP contribution is 2.37. The number of benzene rings is 1. The van der Waals surface area contributed by atoms with Crippen molar-refractivity contribution in [2.45, 2.75) is 89.3 Å². The predicted molar refractivity (Wildman–Crippen MR) is 124 cm³/mol. The molecule has 1 aliphatic carbocycles. The Hall–Kier alpha value is -1.44. The van der Waals surface area contributed by atoms with E-state index < -0.39 is 18.2 Å². The normalized spacial score (nSPS) is 23.3. The van der Waals surface area contributed by atoms with E-state index in [0.717, 1.165) is 49.4 Å². The topological polar surface area (TPSA) is 110 Å². The Morgan fingerprint density at radius 2 is 1.90 bits per heavy atom. The molecule has 0 amide bonds. The molecule has 174 valence electrons. The van der Waals surface area contributed by atoms with Gasteiger partial charge in [-0.05, 0) is 68.6 Å². The average Bonchev–Trinajstić information content (AvgIpc) is 3.03. The lowest BCUT2D eigenvalue weighted by atomic mass is 9.84. The van der Waals surface area contributed by atoms with Crippen molar-refractivity contribution in [1.29, 1.82) is 0 Å². The third-order valence-electron chi connectivity index (χ3n) is 6.37. The number of rotatable bonds is 14. The monoisotopic (exact) mass is 497 g/mol. The molecule has 1 saturated carbocycles. The molecule has 1 fully saturated rings. The second kappa shape index (κ2) is 13.9. The molecule has 0 heterocycles. The Morgan fingerprint density at radius 3 is 2.61 bits per heavy atom. The number of hydrogen-bond acceptors (Lipinski definition) is 5. The zero-order valence-corrected chi connectivity index (χ0v) is 19.7. The molecule has 0 radical (unpaired) electrons. The van der Waals surface area contributed by atoms with Gasteiger partial charge in [0.05, 0.1) is 17.9 Å². The third kappa shape index (κ3) is 9.29. The highest BCUT2D eigenvalue weighted by Gasteiger charge is 2.39. The smallest absolute Gasteiger partial charge is 0.303 e. The summed E-state index contributed by atoms with van der Waals surface area (Å²) in [5.74, 6) is -0.719. The summed E-state index contributed by atoms with van der Waals surface area (Å²) in [4.78, 5) is 10.6. The summed E-state index contributed by atoms with van der Waals surface area (Å²) < 4.78 is 1.06. The first-order valence-corrected chi connectivity index (χ1v) is 12.2. The lowest BCUT2D eigenvalue weighted by Crippen LogP contribution is -2.22. The Kier molecular flexibility index (Phi) is 11.5. The number of carboxylic acids is 1. The van der Waals surface area contributed by atoms with E-state index in [9.17, 15) is 20.2 Å². The number of hydrogen-bond donors (Lipinski definition) is 4. The molecule has 7 heteroatoms. The number of aliphatic hydroxyl groups is 2. The van der Waals surface area contributed by atoms with Crippen LogP contribution in [0.15, 0.2) is 33.9 Å². The van der Waals surface area contributed by atoms with E-state index >= 15 is 0 Å². The van der Waals surface area contributed by atoms with Gasteiger partial charge < -0.3 is 20.5 Å². The van der Waals surface area contributed by atoms with Gasteiger partial charge in [-0.15, -0.1) is 0 Å². The van der Waals surface area contributed by atoms with Crippen molar-refractivity contribution in [2.75, 3.05) is 0 Å². The van der Waals surface area contributed by atoms with Gasteiger partial charge in [0.1, 0.15) is 0 Å². The number of halogens is 1. The zero-order valence-electron chi connectivity index (χ0n) is 18.1. The van der Waals surface area contributed by atoms with E-state index in [2.05, 4.69) is 33.2 Å². The van der Waals surface area contributed by atoms with E-state index in [0.29, 0.717) is 31.4 Å². The number of carboxylic acid groups (broad SMARTS) is 1. The minimum atomic E-state index is -0.759. The van der Waals surface area contributed by atoms with Gasteiger partial charge in [-0.25, -0.2) is 0 Å². The molecule has 0 spiro atoms. The van der Waals surface area contributed by atoms with Gasteiger partial charge in [-0.2, -0.15) is 0 Å².